The molecule has 0 spiro atoms. The molecule has 24 heavy (non-hydrogen) atoms. The maximum absolute atomic E-state index is 4.53. The van der Waals surface area contributed by atoms with Crippen LogP contribution in [0, 0.1) is 0 Å². The Morgan fingerprint density at radius 2 is 1.75 bits per heavy atom. The third-order valence-electron chi connectivity index (χ3n) is 4.59. The molecule has 1 saturated heterocycles. The van der Waals surface area contributed by atoms with E-state index in [2.05, 4.69) is 74.8 Å². The molecule has 3 aromatic rings. The third kappa shape index (κ3) is 3.19. The molecule has 1 unspecified atom stereocenters. The highest BCUT2D eigenvalue weighted by atomic mass is 15.2. The largest absolute Gasteiger partial charge is 0.369 e. The molecule has 122 valence electrons. The summed E-state index contributed by atoms with van der Waals surface area (Å²) < 4.78 is 0. The van der Waals surface area contributed by atoms with Crippen molar-refractivity contribution in [2.45, 2.75) is 12.5 Å². The Morgan fingerprint density at radius 1 is 1.00 bits per heavy atom. The van der Waals surface area contributed by atoms with Gasteiger partial charge in [0.1, 0.15) is 0 Å². The van der Waals surface area contributed by atoms with Crippen LogP contribution in [0.3, 0.4) is 0 Å². The summed E-state index contributed by atoms with van der Waals surface area (Å²) >= 11 is 0. The predicted octanol–water partition coefficient (Wildman–Crippen LogP) is 3.10. The molecule has 0 aliphatic carbocycles. The van der Waals surface area contributed by atoms with Crippen LogP contribution in [-0.4, -0.2) is 35.6 Å². The summed E-state index contributed by atoms with van der Waals surface area (Å²) in [6.45, 7) is 3.07. The second kappa shape index (κ2) is 6.89. The number of piperazine rings is 1. The Bertz CT molecular complexity index is 767. The predicted molar refractivity (Wildman–Crippen MR) is 98.2 cm³/mol. The van der Waals surface area contributed by atoms with Crippen LogP contribution in [0.4, 0.5) is 5.69 Å². The maximum Gasteiger partial charge on any atom is 0.0929 e. The first kappa shape index (κ1) is 15.0. The molecule has 2 aromatic carbocycles. The van der Waals surface area contributed by atoms with Gasteiger partial charge in [-0.05, 0) is 12.1 Å². The molecule has 1 aromatic heterocycles. The minimum absolute atomic E-state index is 0.418. The summed E-state index contributed by atoms with van der Waals surface area (Å²) in [5.74, 6) is 0. The summed E-state index contributed by atoms with van der Waals surface area (Å²) in [6, 6.07) is 21.5. The number of para-hydroxylation sites is 1. The van der Waals surface area contributed by atoms with Crippen LogP contribution >= 0.6 is 0 Å². The number of nitrogens with one attached hydrogen (secondary N) is 2. The lowest BCUT2D eigenvalue weighted by Gasteiger charge is -2.35. The summed E-state index contributed by atoms with van der Waals surface area (Å²) in [4.78, 5) is 10.3. The van der Waals surface area contributed by atoms with Gasteiger partial charge in [0.25, 0.3) is 0 Å². The number of nitrogens with zero attached hydrogens (tertiary/aromatic N) is 2. The van der Waals surface area contributed by atoms with Crippen LogP contribution in [0.2, 0.25) is 0 Å². The van der Waals surface area contributed by atoms with Crippen LogP contribution < -0.4 is 10.2 Å². The van der Waals surface area contributed by atoms with Crippen molar-refractivity contribution in [1.82, 2.24) is 15.3 Å². The molecule has 0 saturated carbocycles. The average Bonchev–Trinajstić information content (AvgIpc) is 3.11. The van der Waals surface area contributed by atoms with Gasteiger partial charge in [-0.15, -0.1) is 0 Å². The van der Waals surface area contributed by atoms with Crippen molar-refractivity contribution < 1.29 is 0 Å². The Hall–Kier alpha value is -2.59. The first-order valence-corrected chi connectivity index (χ1v) is 8.51. The van der Waals surface area contributed by atoms with E-state index in [1.165, 1.54) is 16.9 Å². The number of H-pyrrole nitrogens is 1. The summed E-state index contributed by atoms with van der Waals surface area (Å²) in [5.41, 5.74) is 4.74. The van der Waals surface area contributed by atoms with Crippen LogP contribution in [0.5, 0.6) is 0 Å². The van der Waals surface area contributed by atoms with Gasteiger partial charge in [0.05, 0.1) is 12.0 Å². The fourth-order valence-electron chi connectivity index (χ4n) is 3.40. The van der Waals surface area contributed by atoms with Gasteiger partial charge in [-0.2, -0.15) is 0 Å². The van der Waals surface area contributed by atoms with Crippen LogP contribution in [-0.2, 0) is 6.42 Å². The van der Waals surface area contributed by atoms with E-state index in [1.54, 1.807) is 6.33 Å². The number of aromatic amines is 1. The first-order chi connectivity index (χ1) is 11.9. The molecule has 2 heterocycles. The lowest BCUT2D eigenvalue weighted by molar-refractivity contribution is 0.452. The number of imidazole rings is 1. The van der Waals surface area contributed by atoms with Gasteiger partial charge in [-0.1, -0.05) is 48.5 Å². The fourth-order valence-corrected chi connectivity index (χ4v) is 3.40. The monoisotopic (exact) mass is 318 g/mol. The van der Waals surface area contributed by atoms with E-state index in [-0.39, 0.29) is 0 Å². The highest BCUT2D eigenvalue weighted by molar-refractivity contribution is 5.61. The van der Waals surface area contributed by atoms with Gasteiger partial charge in [0.2, 0.25) is 0 Å². The van der Waals surface area contributed by atoms with Crippen molar-refractivity contribution in [2.24, 2.45) is 0 Å². The highest BCUT2D eigenvalue weighted by Crippen LogP contribution is 2.22. The molecular weight excluding hydrogens is 296 g/mol. The van der Waals surface area contributed by atoms with E-state index < -0.39 is 0 Å². The minimum atomic E-state index is 0.418. The smallest absolute Gasteiger partial charge is 0.0929 e. The number of anilines is 1. The number of hydrogen-bond acceptors (Lipinski definition) is 3. The summed E-state index contributed by atoms with van der Waals surface area (Å²) in [5, 5.41) is 3.65. The van der Waals surface area contributed by atoms with Crippen LogP contribution in [0.1, 0.15) is 5.69 Å². The highest BCUT2D eigenvalue weighted by Gasteiger charge is 2.21. The maximum atomic E-state index is 4.53. The molecule has 1 atom stereocenters. The molecule has 2 N–H and O–H groups in total. The van der Waals surface area contributed by atoms with Gasteiger partial charge in [-0.25, -0.2) is 4.98 Å². The van der Waals surface area contributed by atoms with E-state index in [4.69, 9.17) is 0 Å². The van der Waals surface area contributed by atoms with Crippen molar-refractivity contribution in [3.05, 3.63) is 72.7 Å². The quantitative estimate of drug-likeness (QED) is 0.777. The van der Waals surface area contributed by atoms with Crippen LogP contribution in [0.25, 0.3) is 11.3 Å². The molecule has 4 rings (SSSR count). The molecule has 4 heteroatoms. The topological polar surface area (TPSA) is 44.0 Å². The second-order valence-electron chi connectivity index (χ2n) is 6.23. The number of benzene rings is 2. The molecular formula is C20H22N4. The molecule has 1 fully saturated rings. The van der Waals surface area contributed by atoms with Crippen molar-refractivity contribution in [1.29, 1.82) is 0 Å². The van der Waals surface area contributed by atoms with Gasteiger partial charge in [-0.3, -0.25) is 0 Å². The Balaban J connectivity index is 1.49. The Labute approximate surface area is 142 Å². The van der Waals surface area contributed by atoms with E-state index in [1.807, 2.05) is 6.07 Å². The zero-order chi connectivity index (χ0) is 16.2. The molecule has 1 aliphatic rings. The van der Waals surface area contributed by atoms with Gasteiger partial charge < -0.3 is 15.2 Å². The molecule has 4 nitrogen and oxygen atoms in total. The molecule has 0 amide bonds. The standard InChI is InChI=1S/C20H22N4/c1-3-7-16(8-4-1)20-19(22-15-23-20)13-17-14-24(12-11-21-17)18-9-5-2-6-10-18/h1-10,15,17,21H,11-14H2,(H,22,23). The summed E-state index contributed by atoms with van der Waals surface area (Å²) in [7, 11) is 0. The van der Waals surface area contributed by atoms with E-state index in [9.17, 15) is 0 Å². The minimum Gasteiger partial charge on any atom is -0.369 e. The number of rotatable bonds is 4. The second-order valence-corrected chi connectivity index (χ2v) is 6.23. The van der Waals surface area contributed by atoms with Crippen LogP contribution in [0.15, 0.2) is 67.0 Å². The third-order valence-corrected chi connectivity index (χ3v) is 4.59. The zero-order valence-corrected chi connectivity index (χ0v) is 13.7. The van der Waals surface area contributed by atoms with Gasteiger partial charge >= 0.3 is 0 Å². The molecule has 0 radical (unpaired) electrons. The zero-order valence-electron chi connectivity index (χ0n) is 13.7. The number of hydrogen-bond donors (Lipinski definition) is 2. The normalized spacial score (nSPS) is 17.8. The Kier molecular flexibility index (Phi) is 4.30. The SMILES string of the molecule is c1ccc(-c2nc[nH]c2CC2CN(c3ccccc3)CCN2)cc1. The lowest BCUT2D eigenvalue weighted by Crippen LogP contribution is -2.51. The summed E-state index contributed by atoms with van der Waals surface area (Å²) in [6.07, 6.45) is 2.75. The van der Waals surface area contributed by atoms with Crippen molar-refractivity contribution in [3.8, 4) is 11.3 Å². The molecule has 0 bridgehead atoms. The first-order valence-electron chi connectivity index (χ1n) is 8.51. The number of aromatic nitrogens is 2. The molecule has 1 aliphatic heterocycles. The van der Waals surface area contributed by atoms with Gasteiger partial charge in [0.15, 0.2) is 0 Å². The van der Waals surface area contributed by atoms with Crippen molar-refractivity contribution in [3.63, 3.8) is 0 Å². The van der Waals surface area contributed by atoms with Gasteiger partial charge in [0, 0.05) is 49.0 Å². The Morgan fingerprint density at radius 3 is 2.54 bits per heavy atom. The van der Waals surface area contributed by atoms with E-state index in [0.717, 1.165) is 31.7 Å². The van der Waals surface area contributed by atoms with Crippen molar-refractivity contribution >= 4 is 5.69 Å². The fraction of sp³-hybridized carbons (Fsp3) is 0.250. The van der Waals surface area contributed by atoms with Crippen molar-refractivity contribution in [2.75, 3.05) is 24.5 Å². The van der Waals surface area contributed by atoms with E-state index in [0.29, 0.717) is 6.04 Å². The lowest BCUT2D eigenvalue weighted by atomic mass is 10.0. The van der Waals surface area contributed by atoms with E-state index >= 15 is 0 Å². The average molecular weight is 318 g/mol.